The third-order valence-corrected chi connectivity index (χ3v) is 7.90. The maximum absolute atomic E-state index is 13.4. The summed E-state index contributed by atoms with van der Waals surface area (Å²) in [4.78, 5) is 13.4. The lowest BCUT2D eigenvalue weighted by molar-refractivity contribution is -0.0000251. The molecule has 0 aromatic heterocycles. The molecule has 0 aliphatic heterocycles. The lowest BCUT2D eigenvalue weighted by atomic mass is 10.4. The smallest absolute Gasteiger partial charge is 0.468 e. The molecule has 0 saturated carbocycles. The van der Waals surface area contributed by atoms with Crippen LogP contribution >= 0.6 is 7.26 Å². The van der Waals surface area contributed by atoms with Crippen LogP contribution in [0.25, 0.3) is 0 Å². The topological polar surface area (TPSA) is 35.5 Å². The van der Waals surface area contributed by atoms with Gasteiger partial charge in [-0.25, -0.2) is 4.79 Å². The molecule has 3 aromatic carbocycles. The average molecular weight is 387 g/mol. The van der Waals surface area contributed by atoms with Crippen LogP contribution in [0.4, 0.5) is 4.79 Å². The molecule has 3 rings (SSSR count). The number of rotatable bonds is 6. The SMILES string of the molecule is COCOC(=O)[P+](c1ccccc1)(c1ccccc1)c1ccccc1.[Cl-]. The zero-order valence-electron chi connectivity index (χ0n) is 14.4. The van der Waals surface area contributed by atoms with Gasteiger partial charge in [-0.05, 0) is 36.4 Å². The molecule has 134 valence electrons. The van der Waals surface area contributed by atoms with Gasteiger partial charge in [0.05, 0.1) is 0 Å². The molecule has 0 saturated heterocycles. The van der Waals surface area contributed by atoms with E-state index < -0.39 is 7.26 Å². The first-order chi connectivity index (χ1) is 12.3. The van der Waals surface area contributed by atoms with E-state index in [0.717, 1.165) is 15.9 Å². The van der Waals surface area contributed by atoms with Crippen LogP contribution in [0.15, 0.2) is 91.0 Å². The number of halogens is 1. The van der Waals surface area contributed by atoms with Crippen molar-refractivity contribution >= 4 is 28.9 Å². The number of carbonyl (C=O) groups is 1. The minimum Gasteiger partial charge on any atom is -1.00 e. The molecule has 3 nitrogen and oxygen atoms in total. The van der Waals surface area contributed by atoms with E-state index in [2.05, 4.69) is 0 Å². The Morgan fingerprint density at radius 2 is 1.08 bits per heavy atom. The number of hydrogen-bond acceptors (Lipinski definition) is 3. The number of ether oxygens (including phenoxy) is 2. The Morgan fingerprint density at radius 1 is 0.731 bits per heavy atom. The Balaban J connectivity index is 0.00000243. The van der Waals surface area contributed by atoms with Gasteiger partial charge < -0.3 is 21.9 Å². The van der Waals surface area contributed by atoms with Gasteiger partial charge in [0.1, 0.15) is 15.9 Å². The third-order valence-electron chi connectivity index (χ3n) is 4.00. The standard InChI is InChI=1S/C21H20O3P.ClH/c1-23-17-24-21(22)25(18-11-5-2-6-12-18,19-13-7-3-8-14-19)20-15-9-4-10-16-20;/h2-16H,17H2,1H3;1H/q+1;/p-1. The number of benzene rings is 3. The van der Waals surface area contributed by atoms with Gasteiger partial charge in [-0.3, -0.25) is 0 Å². The summed E-state index contributed by atoms with van der Waals surface area (Å²) in [5.41, 5.74) is -0.252. The summed E-state index contributed by atoms with van der Waals surface area (Å²) in [6, 6.07) is 29.6. The number of hydrogen-bond donors (Lipinski definition) is 0. The van der Waals surface area contributed by atoms with Gasteiger partial charge >= 0.3 is 5.71 Å². The highest BCUT2D eigenvalue weighted by atomic mass is 35.5. The van der Waals surface area contributed by atoms with Gasteiger partial charge in [-0.1, -0.05) is 54.6 Å². The van der Waals surface area contributed by atoms with E-state index in [1.54, 1.807) is 0 Å². The molecule has 0 atom stereocenters. The van der Waals surface area contributed by atoms with E-state index in [0.29, 0.717) is 0 Å². The van der Waals surface area contributed by atoms with Crippen LogP contribution in [-0.4, -0.2) is 19.6 Å². The quantitative estimate of drug-likeness (QED) is 0.463. The minimum atomic E-state index is -2.62. The van der Waals surface area contributed by atoms with Gasteiger partial charge in [-0.2, -0.15) is 0 Å². The molecule has 0 amide bonds. The highest BCUT2D eigenvalue weighted by Crippen LogP contribution is 2.56. The number of methoxy groups -OCH3 is 1. The minimum absolute atomic E-state index is 0. The maximum Gasteiger partial charge on any atom is 0.468 e. The van der Waals surface area contributed by atoms with Crippen molar-refractivity contribution in [2.24, 2.45) is 0 Å². The summed E-state index contributed by atoms with van der Waals surface area (Å²) < 4.78 is 10.5. The van der Waals surface area contributed by atoms with E-state index >= 15 is 0 Å². The molecule has 0 spiro atoms. The van der Waals surface area contributed by atoms with Crippen LogP contribution in [0.3, 0.4) is 0 Å². The molecule has 26 heavy (non-hydrogen) atoms. The Labute approximate surface area is 160 Å². The first-order valence-electron chi connectivity index (χ1n) is 8.02. The third kappa shape index (κ3) is 3.81. The second-order valence-electron chi connectivity index (χ2n) is 5.49. The fourth-order valence-corrected chi connectivity index (χ4v) is 6.56. The van der Waals surface area contributed by atoms with Gasteiger partial charge in [0.2, 0.25) is 7.26 Å². The highest BCUT2D eigenvalue weighted by Gasteiger charge is 2.55. The monoisotopic (exact) mass is 386 g/mol. The van der Waals surface area contributed by atoms with Crippen molar-refractivity contribution in [2.45, 2.75) is 0 Å². The Bertz CT molecular complexity index is 714. The summed E-state index contributed by atoms with van der Waals surface area (Å²) in [7, 11) is -1.10. The van der Waals surface area contributed by atoms with E-state index in [-0.39, 0.29) is 24.9 Å². The molecular formula is C21H20ClO3P. The lowest BCUT2D eigenvalue weighted by Crippen LogP contribution is -3.00. The van der Waals surface area contributed by atoms with E-state index in [4.69, 9.17) is 9.47 Å². The van der Waals surface area contributed by atoms with Crippen LogP contribution < -0.4 is 28.3 Å². The van der Waals surface area contributed by atoms with Crippen molar-refractivity contribution in [3.05, 3.63) is 91.0 Å². The lowest BCUT2D eigenvalue weighted by Gasteiger charge is -2.24. The fraction of sp³-hybridized carbons (Fsp3) is 0.0952. The molecule has 0 unspecified atom stereocenters. The highest BCUT2D eigenvalue weighted by molar-refractivity contribution is 8.07. The maximum atomic E-state index is 13.4. The number of carbonyl (C=O) groups excluding carboxylic acids is 1. The van der Waals surface area contributed by atoms with Crippen molar-refractivity contribution in [3.63, 3.8) is 0 Å². The van der Waals surface area contributed by atoms with Crippen molar-refractivity contribution in [1.29, 1.82) is 0 Å². The van der Waals surface area contributed by atoms with Crippen molar-refractivity contribution in [2.75, 3.05) is 13.9 Å². The zero-order valence-corrected chi connectivity index (χ0v) is 16.1. The molecule has 0 N–H and O–H groups in total. The summed E-state index contributed by atoms with van der Waals surface area (Å²) in [5, 5.41) is 2.90. The molecule has 0 heterocycles. The van der Waals surface area contributed by atoms with E-state index in [9.17, 15) is 4.79 Å². The molecule has 0 aliphatic carbocycles. The second-order valence-corrected chi connectivity index (χ2v) is 8.75. The van der Waals surface area contributed by atoms with Gasteiger partial charge in [0.15, 0.2) is 6.79 Å². The normalized spacial score (nSPS) is 10.7. The van der Waals surface area contributed by atoms with Crippen LogP contribution in [0, 0.1) is 0 Å². The molecule has 0 bridgehead atoms. The largest absolute Gasteiger partial charge is 1.00 e. The van der Waals surface area contributed by atoms with Crippen LogP contribution in [0.2, 0.25) is 0 Å². The summed E-state index contributed by atoms with van der Waals surface area (Å²) in [6.45, 7) is -0.0624. The first-order valence-corrected chi connectivity index (χ1v) is 9.81. The van der Waals surface area contributed by atoms with E-state index in [1.165, 1.54) is 7.11 Å². The predicted molar refractivity (Wildman–Crippen MR) is 104 cm³/mol. The molecule has 5 heteroatoms. The summed E-state index contributed by atoms with van der Waals surface area (Å²) in [5.74, 6) is 0. The fourth-order valence-electron chi connectivity index (χ4n) is 2.92. The average Bonchev–Trinajstić information content (AvgIpc) is 2.69. The van der Waals surface area contributed by atoms with E-state index in [1.807, 2.05) is 91.0 Å². The summed E-state index contributed by atoms with van der Waals surface area (Å²) in [6.07, 6.45) is 0. The molecule has 0 radical (unpaired) electrons. The van der Waals surface area contributed by atoms with Gasteiger partial charge in [0, 0.05) is 7.11 Å². The molecular weight excluding hydrogens is 367 g/mol. The molecule has 3 aromatic rings. The zero-order chi connectivity index (χ0) is 17.5. The Morgan fingerprint density at radius 3 is 1.38 bits per heavy atom. The Kier molecular flexibility index (Phi) is 7.35. The van der Waals surface area contributed by atoms with Gasteiger partial charge in [-0.15, -0.1) is 0 Å². The predicted octanol–water partition coefficient (Wildman–Crippen LogP) is 0.725. The van der Waals surface area contributed by atoms with Crippen molar-refractivity contribution in [3.8, 4) is 0 Å². The molecule has 0 fully saturated rings. The van der Waals surface area contributed by atoms with Crippen LogP contribution in [-0.2, 0) is 9.47 Å². The summed E-state index contributed by atoms with van der Waals surface area (Å²) >= 11 is 0. The second kappa shape index (κ2) is 9.49. The van der Waals surface area contributed by atoms with Crippen LogP contribution in [0.5, 0.6) is 0 Å². The van der Waals surface area contributed by atoms with Crippen molar-refractivity contribution in [1.82, 2.24) is 0 Å². The van der Waals surface area contributed by atoms with Crippen molar-refractivity contribution < 1.29 is 26.7 Å². The molecule has 0 aliphatic rings. The van der Waals surface area contributed by atoms with Crippen LogP contribution in [0.1, 0.15) is 0 Å². The first kappa shape index (κ1) is 20.1. The van der Waals surface area contributed by atoms with Gasteiger partial charge in [0.25, 0.3) is 0 Å². The Hall–Kier alpha value is -2.19.